The van der Waals surface area contributed by atoms with Crippen LogP contribution in [0.5, 0.6) is 5.75 Å². The van der Waals surface area contributed by atoms with Crippen molar-refractivity contribution < 1.29 is 14.3 Å². The van der Waals surface area contributed by atoms with Crippen LogP contribution in [-0.2, 0) is 4.79 Å². The maximum Gasteiger partial charge on any atom is 0.280 e. The number of amidine groups is 1. The fourth-order valence-electron chi connectivity index (χ4n) is 7.54. The quantitative estimate of drug-likeness (QED) is 0.0475. The standard InChI is InChI=1S/C50H56Cl4N6O3/c1-2-3-4-5-6-7-8-9-10-11-12-13-14-15-16-19-31-63-39-28-25-36(26-29-39)49(61)55-38-27-30-41(52)45(34-38)56-48-46(58-57-44-24-20-22-35-21-17-18-23-40(35)44)50(62)60(59-48)47-42(53)32-37(51)33-43(47)54/h17-18,20-30,32-34,46H,2-16,19,31H2,1H3,(H,55,61)(H,56,59). The van der Waals surface area contributed by atoms with Crippen molar-refractivity contribution in [3.63, 3.8) is 0 Å². The molecule has 0 saturated carbocycles. The minimum atomic E-state index is -1.23. The van der Waals surface area contributed by atoms with Gasteiger partial charge >= 0.3 is 0 Å². The summed E-state index contributed by atoms with van der Waals surface area (Å²) in [6, 6.07) is 27.1. The van der Waals surface area contributed by atoms with Crippen LogP contribution in [0.1, 0.15) is 120 Å². The average Bonchev–Trinajstić information content (AvgIpc) is 3.57. The van der Waals surface area contributed by atoms with E-state index in [0.717, 1.165) is 29.4 Å². The molecule has 0 radical (unpaired) electrons. The molecular weight excluding hydrogens is 874 g/mol. The van der Waals surface area contributed by atoms with Crippen molar-refractivity contribution in [3.8, 4) is 5.75 Å². The molecule has 0 spiro atoms. The van der Waals surface area contributed by atoms with Crippen LogP contribution in [0.15, 0.2) is 112 Å². The Morgan fingerprint density at radius 3 is 1.94 bits per heavy atom. The smallest absolute Gasteiger partial charge is 0.280 e. The number of hydrazine groups is 1. The SMILES string of the molecule is CCCCCCCCCCCCCCCCCCOc1ccc(C(=O)Nc2ccc(Cl)c(N=C3NN(c4c(Cl)cc(Cl)cc4Cl)C(=O)C3N=Nc3cccc4ccccc34)c2)cc1. The number of halogens is 4. The number of ether oxygens (including phenoxy) is 1. The topological polar surface area (TPSA) is 108 Å². The van der Waals surface area contributed by atoms with Crippen molar-refractivity contribution in [1.29, 1.82) is 0 Å². The number of rotatable bonds is 24. The summed E-state index contributed by atoms with van der Waals surface area (Å²) in [5.74, 6) is -0.0407. The maximum absolute atomic E-state index is 14.0. The van der Waals surface area contributed by atoms with E-state index in [9.17, 15) is 9.59 Å². The van der Waals surface area contributed by atoms with Gasteiger partial charge in [-0.25, -0.2) is 10.0 Å². The Hall–Kier alpha value is -4.67. The molecule has 1 unspecified atom stereocenters. The van der Waals surface area contributed by atoms with E-state index in [1.54, 1.807) is 42.5 Å². The lowest BCUT2D eigenvalue weighted by atomic mass is 10.0. The Balaban J connectivity index is 1.01. The van der Waals surface area contributed by atoms with Crippen molar-refractivity contribution in [1.82, 2.24) is 5.43 Å². The first-order valence-electron chi connectivity index (χ1n) is 22.3. The van der Waals surface area contributed by atoms with Crippen molar-refractivity contribution in [2.24, 2.45) is 15.2 Å². The molecule has 13 heteroatoms. The summed E-state index contributed by atoms with van der Waals surface area (Å²) in [5.41, 5.74) is 4.90. The Morgan fingerprint density at radius 2 is 1.29 bits per heavy atom. The molecule has 0 bridgehead atoms. The van der Waals surface area contributed by atoms with E-state index in [1.165, 1.54) is 107 Å². The lowest BCUT2D eigenvalue weighted by molar-refractivity contribution is -0.117. The zero-order valence-electron chi connectivity index (χ0n) is 35.9. The monoisotopic (exact) mass is 928 g/mol. The summed E-state index contributed by atoms with van der Waals surface area (Å²) in [5, 5.41) is 15.7. The van der Waals surface area contributed by atoms with Crippen molar-refractivity contribution in [2.45, 2.75) is 116 Å². The molecule has 5 aromatic carbocycles. The van der Waals surface area contributed by atoms with Crippen LogP contribution in [0.2, 0.25) is 20.1 Å². The molecule has 2 N–H and O–H groups in total. The van der Waals surface area contributed by atoms with Gasteiger partial charge in [0.05, 0.1) is 33.0 Å². The van der Waals surface area contributed by atoms with Gasteiger partial charge in [0.1, 0.15) is 11.4 Å². The predicted octanol–water partition coefficient (Wildman–Crippen LogP) is 16.1. The molecule has 1 fully saturated rings. The molecule has 0 aromatic heterocycles. The van der Waals surface area contributed by atoms with Gasteiger partial charge in [0.15, 0.2) is 5.84 Å². The first-order chi connectivity index (χ1) is 30.7. The van der Waals surface area contributed by atoms with Crippen LogP contribution >= 0.6 is 46.4 Å². The number of amides is 2. The van der Waals surface area contributed by atoms with Crippen LogP contribution in [0.4, 0.5) is 22.7 Å². The summed E-state index contributed by atoms with van der Waals surface area (Å²) in [7, 11) is 0. The first-order valence-corrected chi connectivity index (χ1v) is 23.8. The van der Waals surface area contributed by atoms with E-state index in [0.29, 0.717) is 28.6 Å². The third-order valence-corrected chi connectivity index (χ3v) is 12.1. The van der Waals surface area contributed by atoms with Gasteiger partial charge in [-0.15, -0.1) is 0 Å². The minimum absolute atomic E-state index is 0.103. The van der Waals surface area contributed by atoms with Crippen LogP contribution in [-0.4, -0.2) is 30.3 Å². The fourth-order valence-corrected chi connectivity index (χ4v) is 8.69. The van der Waals surface area contributed by atoms with Crippen molar-refractivity contribution >= 4 is 97.6 Å². The summed E-state index contributed by atoms with van der Waals surface area (Å²) in [6.45, 7) is 2.92. The molecule has 1 atom stereocenters. The summed E-state index contributed by atoms with van der Waals surface area (Å²) >= 11 is 25.9. The van der Waals surface area contributed by atoms with Crippen molar-refractivity contribution in [2.75, 3.05) is 16.9 Å². The molecule has 9 nitrogen and oxygen atoms in total. The number of benzene rings is 5. The van der Waals surface area contributed by atoms with Gasteiger partial charge in [-0.2, -0.15) is 10.2 Å². The highest BCUT2D eigenvalue weighted by Gasteiger charge is 2.41. The number of aliphatic imine (C=N–C) groups is 1. The number of hydrogen-bond acceptors (Lipinski definition) is 6. The summed E-state index contributed by atoms with van der Waals surface area (Å²) in [6.07, 6.45) is 21.2. The van der Waals surface area contributed by atoms with Gasteiger partial charge in [0.2, 0.25) is 6.04 Å². The molecule has 6 rings (SSSR count). The number of nitrogens with one attached hydrogen (secondary N) is 2. The zero-order valence-corrected chi connectivity index (χ0v) is 38.9. The number of fused-ring (bicyclic) bond motifs is 1. The molecule has 0 aliphatic carbocycles. The largest absolute Gasteiger partial charge is 0.494 e. The number of unbranched alkanes of at least 4 members (excludes halogenated alkanes) is 15. The van der Waals surface area contributed by atoms with E-state index < -0.39 is 11.9 Å². The highest BCUT2D eigenvalue weighted by atomic mass is 35.5. The molecule has 332 valence electrons. The van der Waals surface area contributed by atoms with Gasteiger partial charge < -0.3 is 10.1 Å². The third-order valence-electron chi connectivity index (χ3n) is 11.0. The second kappa shape index (κ2) is 25.0. The molecule has 1 heterocycles. The Morgan fingerprint density at radius 1 is 0.683 bits per heavy atom. The molecule has 1 saturated heterocycles. The van der Waals surface area contributed by atoms with Gasteiger partial charge in [-0.3, -0.25) is 15.0 Å². The van der Waals surface area contributed by atoms with Crippen LogP contribution in [0.3, 0.4) is 0 Å². The highest BCUT2D eigenvalue weighted by molar-refractivity contribution is 6.43. The average molecular weight is 931 g/mol. The first kappa shape index (κ1) is 47.8. The minimum Gasteiger partial charge on any atom is -0.494 e. The Labute approximate surface area is 391 Å². The predicted molar refractivity (Wildman–Crippen MR) is 262 cm³/mol. The van der Waals surface area contributed by atoms with Gasteiger partial charge in [-0.1, -0.05) is 186 Å². The lowest BCUT2D eigenvalue weighted by Gasteiger charge is -2.19. The summed E-state index contributed by atoms with van der Waals surface area (Å²) in [4.78, 5) is 32.1. The molecule has 1 aliphatic heterocycles. The molecule has 63 heavy (non-hydrogen) atoms. The van der Waals surface area contributed by atoms with Crippen LogP contribution < -0.4 is 20.5 Å². The summed E-state index contributed by atoms with van der Waals surface area (Å²) < 4.78 is 5.97. The molecule has 1 aliphatic rings. The maximum atomic E-state index is 14.0. The second-order valence-corrected chi connectivity index (χ2v) is 17.6. The number of nitrogens with zero attached hydrogens (tertiary/aromatic N) is 4. The van der Waals surface area contributed by atoms with E-state index in [4.69, 9.17) is 56.1 Å². The second-order valence-electron chi connectivity index (χ2n) is 15.9. The number of anilines is 2. The normalized spacial score (nSPS) is 14.6. The van der Waals surface area contributed by atoms with Crippen LogP contribution in [0, 0.1) is 0 Å². The molecule has 5 aromatic rings. The lowest BCUT2D eigenvalue weighted by Crippen LogP contribution is -2.36. The number of carbonyl (C=O) groups is 2. The Kier molecular flexibility index (Phi) is 19.0. The third kappa shape index (κ3) is 14.2. The van der Waals surface area contributed by atoms with Gasteiger partial charge in [0, 0.05) is 21.7 Å². The highest BCUT2D eigenvalue weighted by Crippen LogP contribution is 2.39. The molecular formula is C50H56Cl4N6O3. The number of carbonyl (C=O) groups excluding carboxylic acids is 2. The van der Waals surface area contributed by atoms with E-state index in [2.05, 4.69) is 27.9 Å². The Bertz CT molecular complexity index is 2330. The van der Waals surface area contributed by atoms with E-state index in [-0.39, 0.29) is 38.2 Å². The number of azo groups is 1. The fraction of sp³-hybridized carbons (Fsp3) is 0.380. The van der Waals surface area contributed by atoms with Gasteiger partial charge in [0.25, 0.3) is 11.8 Å². The van der Waals surface area contributed by atoms with Crippen molar-refractivity contribution in [3.05, 3.63) is 123 Å². The zero-order chi connectivity index (χ0) is 44.4. The van der Waals surface area contributed by atoms with Crippen LogP contribution in [0.25, 0.3) is 10.8 Å². The van der Waals surface area contributed by atoms with Gasteiger partial charge in [-0.05, 0) is 72.5 Å². The van der Waals surface area contributed by atoms with E-state index in [1.807, 2.05) is 42.5 Å². The molecule has 2 amide bonds. The van der Waals surface area contributed by atoms with E-state index >= 15 is 0 Å². The number of hydrogen-bond donors (Lipinski definition) is 2.